The molecule has 0 nitrogen and oxygen atoms in total. The molecule has 1 aliphatic heterocycles. The van der Waals surface area contributed by atoms with Crippen molar-refractivity contribution in [3.05, 3.63) is 23.6 Å². The van der Waals surface area contributed by atoms with Crippen molar-refractivity contribution in [2.24, 2.45) is 0 Å². The van der Waals surface area contributed by atoms with Crippen molar-refractivity contribution in [1.29, 1.82) is 0 Å². The van der Waals surface area contributed by atoms with E-state index in [0.717, 1.165) is 5.75 Å². The number of allylic oxidation sites excluding steroid dienone is 2. The number of hydrogen-bond donors (Lipinski definition) is 0. The molecule has 7 heavy (non-hydrogen) atoms. The van der Waals surface area contributed by atoms with Gasteiger partial charge in [0.2, 0.25) is 0 Å². The SMILES string of the molecule is C1=CCSC=C1.[Ti]. The molecule has 0 fully saturated rings. The van der Waals surface area contributed by atoms with E-state index >= 15 is 0 Å². The summed E-state index contributed by atoms with van der Waals surface area (Å²) in [6, 6.07) is 0. The molecular weight excluding hydrogens is 140 g/mol. The summed E-state index contributed by atoms with van der Waals surface area (Å²) in [5.74, 6) is 1.15. The molecule has 0 aromatic carbocycles. The quantitative estimate of drug-likeness (QED) is 0.469. The van der Waals surface area contributed by atoms with E-state index in [2.05, 4.69) is 17.6 Å². The molecule has 36 valence electrons. The molecule has 0 saturated heterocycles. The number of thioether (sulfide) groups is 1. The van der Waals surface area contributed by atoms with Gasteiger partial charge in [0, 0.05) is 27.5 Å². The molecule has 0 spiro atoms. The molecule has 2 heteroatoms. The summed E-state index contributed by atoms with van der Waals surface area (Å²) < 4.78 is 0. The van der Waals surface area contributed by atoms with E-state index in [1.54, 1.807) is 0 Å². The molecule has 1 rings (SSSR count). The van der Waals surface area contributed by atoms with Crippen LogP contribution in [0.4, 0.5) is 0 Å². The van der Waals surface area contributed by atoms with E-state index in [0.29, 0.717) is 0 Å². The molecule has 0 aromatic rings. The van der Waals surface area contributed by atoms with Crippen LogP contribution in [0.15, 0.2) is 23.6 Å². The molecule has 0 amide bonds. The smallest absolute Gasteiger partial charge is 0.0157 e. The summed E-state index contributed by atoms with van der Waals surface area (Å²) in [6.45, 7) is 0. The van der Waals surface area contributed by atoms with Crippen LogP contribution in [-0.2, 0) is 21.7 Å². The fraction of sp³-hybridized carbons (Fsp3) is 0.200. The van der Waals surface area contributed by atoms with Gasteiger partial charge in [-0.05, 0) is 5.41 Å². The Kier molecular flexibility index (Phi) is 5.06. The van der Waals surface area contributed by atoms with Gasteiger partial charge in [-0.15, -0.1) is 11.8 Å². The monoisotopic (exact) mass is 146 g/mol. The van der Waals surface area contributed by atoms with Crippen molar-refractivity contribution >= 4 is 11.8 Å². The second-order valence-corrected chi connectivity index (χ2v) is 2.03. The van der Waals surface area contributed by atoms with E-state index in [1.165, 1.54) is 0 Å². The first kappa shape index (κ1) is 7.54. The number of rotatable bonds is 0. The van der Waals surface area contributed by atoms with Gasteiger partial charge in [0.1, 0.15) is 0 Å². The Labute approximate surface area is 62.9 Å². The summed E-state index contributed by atoms with van der Waals surface area (Å²) in [5.41, 5.74) is 0. The maximum Gasteiger partial charge on any atom is 0.0157 e. The van der Waals surface area contributed by atoms with Crippen LogP contribution in [0, 0.1) is 0 Å². The minimum Gasteiger partial charge on any atom is -0.130 e. The largest absolute Gasteiger partial charge is 0.130 e. The zero-order valence-electron chi connectivity index (χ0n) is 3.92. The first-order valence-corrected chi connectivity index (χ1v) is 2.98. The van der Waals surface area contributed by atoms with Crippen LogP contribution < -0.4 is 0 Å². The van der Waals surface area contributed by atoms with Crippen LogP contribution in [0.3, 0.4) is 0 Å². The summed E-state index contributed by atoms with van der Waals surface area (Å²) in [4.78, 5) is 0. The van der Waals surface area contributed by atoms with Crippen LogP contribution in [0.2, 0.25) is 0 Å². The first-order valence-electron chi connectivity index (χ1n) is 1.93. The molecular formula is C5H6STi. The molecule has 0 aromatic heterocycles. The zero-order chi connectivity index (χ0) is 4.24. The van der Waals surface area contributed by atoms with E-state index in [9.17, 15) is 0 Å². The predicted octanol–water partition coefficient (Wildman–Crippen LogP) is 1.80. The third kappa shape index (κ3) is 3.16. The fourth-order valence-corrected chi connectivity index (χ4v) is 0.881. The molecule has 0 radical (unpaired) electrons. The second-order valence-electron chi connectivity index (χ2n) is 1.09. The van der Waals surface area contributed by atoms with Gasteiger partial charge in [0.25, 0.3) is 0 Å². The van der Waals surface area contributed by atoms with Gasteiger partial charge in [-0.2, -0.15) is 0 Å². The van der Waals surface area contributed by atoms with Crippen molar-refractivity contribution in [2.75, 3.05) is 5.75 Å². The Hall–Kier alpha value is 0.544. The van der Waals surface area contributed by atoms with E-state index in [-0.39, 0.29) is 21.7 Å². The fourth-order valence-electron chi connectivity index (χ4n) is 0.346. The van der Waals surface area contributed by atoms with Gasteiger partial charge in [-0.3, -0.25) is 0 Å². The molecule has 0 bridgehead atoms. The van der Waals surface area contributed by atoms with Crippen LogP contribution in [0.25, 0.3) is 0 Å². The Balaban J connectivity index is 0.000000360. The van der Waals surface area contributed by atoms with Gasteiger partial charge in [-0.1, -0.05) is 18.2 Å². The van der Waals surface area contributed by atoms with Gasteiger partial charge < -0.3 is 0 Å². The third-order valence-electron chi connectivity index (χ3n) is 0.614. The molecule has 0 saturated carbocycles. The average Bonchev–Trinajstić information content (AvgIpc) is 1.72. The summed E-state index contributed by atoms with van der Waals surface area (Å²) in [5, 5.41) is 2.10. The topological polar surface area (TPSA) is 0 Å². The Bertz CT molecular complexity index is 74.1. The maximum atomic E-state index is 2.14. The minimum absolute atomic E-state index is 0. The van der Waals surface area contributed by atoms with E-state index in [4.69, 9.17) is 0 Å². The predicted molar refractivity (Wildman–Crippen MR) is 30.7 cm³/mol. The maximum absolute atomic E-state index is 2.14. The van der Waals surface area contributed by atoms with Gasteiger partial charge in [-0.25, -0.2) is 0 Å². The molecule has 0 atom stereocenters. The molecule has 0 unspecified atom stereocenters. The van der Waals surface area contributed by atoms with Gasteiger partial charge in [0.05, 0.1) is 0 Å². The Morgan fingerprint density at radius 3 is 2.29 bits per heavy atom. The molecule has 1 aliphatic rings. The first-order chi connectivity index (χ1) is 3.00. The van der Waals surface area contributed by atoms with Crippen LogP contribution in [0.1, 0.15) is 0 Å². The second kappa shape index (κ2) is 4.70. The molecule has 1 heterocycles. The van der Waals surface area contributed by atoms with Crippen molar-refractivity contribution in [2.45, 2.75) is 0 Å². The average molecular weight is 146 g/mol. The van der Waals surface area contributed by atoms with Crippen molar-refractivity contribution in [1.82, 2.24) is 0 Å². The third-order valence-corrected chi connectivity index (χ3v) is 1.35. The normalized spacial score (nSPS) is 16.0. The van der Waals surface area contributed by atoms with Crippen molar-refractivity contribution in [3.63, 3.8) is 0 Å². The van der Waals surface area contributed by atoms with Crippen LogP contribution in [0.5, 0.6) is 0 Å². The minimum atomic E-state index is 0. The summed E-state index contributed by atoms with van der Waals surface area (Å²) >= 11 is 1.83. The standard InChI is InChI=1S/C5H6S.Ti/c1-2-4-6-5-3-1;/h1-4H,5H2;. The Morgan fingerprint density at radius 2 is 2.14 bits per heavy atom. The van der Waals surface area contributed by atoms with Crippen molar-refractivity contribution in [3.8, 4) is 0 Å². The Morgan fingerprint density at radius 1 is 1.29 bits per heavy atom. The molecule has 0 N–H and O–H groups in total. The zero-order valence-corrected chi connectivity index (χ0v) is 6.30. The van der Waals surface area contributed by atoms with Crippen LogP contribution in [-0.4, -0.2) is 5.75 Å². The van der Waals surface area contributed by atoms with Crippen LogP contribution >= 0.6 is 11.8 Å². The number of hydrogen-bond acceptors (Lipinski definition) is 1. The summed E-state index contributed by atoms with van der Waals surface area (Å²) in [7, 11) is 0. The summed E-state index contributed by atoms with van der Waals surface area (Å²) in [6.07, 6.45) is 6.26. The van der Waals surface area contributed by atoms with Gasteiger partial charge >= 0.3 is 0 Å². The molecule has 0 aliphatic carbocycles. The van der Waals surface area contributed by atoms with E-state index < -0.39 is 0 Å². The van der Waals surface area contributed by atoms with Crippen molar-refractivity contribution < 1.29 is 21.7 Å². The van der Waals surface area contributed by atoms with E-state index in [1.807, 2.05) is 17.8 Å². The van der Waals surface area contributed by atoms with Gasteiger partial charge in [0.15, 0.2) is 0 Å².